The lowest BCUT2D eigenvalue weighted by molar-refractivity contribution is -0.133. The molecule has 1 aliphatic heterocycles. The lowest BCUT2D eigenvalue weighted by Gasteiger charge is -2.31. The summed E-state index contributed by atoms with van der Waals surface area (Å²) >= 11 is 0. The van der Waals surface area contributed by atoms with E-state index in [0.29, 0.717) is 23.7 Å². The van der Waals surface area contributed by atoms with Crippen molar-refractivity contribution in [1.82, 2.24) is 14.9 Å². The van der Waals surface area contributed by atoms with Gasteiger partial charge < -0.3 is 9.88 Å². The quantitative estimate of drug-likeness (QED) is 0.921. The topological polar surface area (TPSA) is 49.0 Å². The maximum Gasteiger partial charge on any atom is 0.225 e. The third kappa shape index (κ3) is 2.33. The molecule has 2 atom stereocenters. The number of likely N-dealkylation sites (tertiary alicyclic amines) is 1. The molecule has 1 N–H and O–H groups in total. The van der Waals surface area contributed by atoms with Gasteiger partial charge >= 0.3 is 0 Å². The van der Waals surface area contributed by atoms with Gasteiger partial charge in [0, 0.05) is 42.2 Å². The van der Waals surface area contributed by atoms with Gasteiger partial charge in [0.05, 0.1) is 0 Å². The molecule has 4 rings (SSSR count). The van der Waals surface area contributed by atoms with E-state index in [-0.39, 0.29) is 0 Å². The standard InChI is InChI=1S/C17H21N3O/c1-11-9-14(11)17(21)20-7-4-12(5-8-20)15-10-13-3-2-6-18-16(13)19-15/h2-3,6,10-12,14H,4-5,7-9H2,1H3,(H,18,19)/t11-,14-/m0/s1. The van der Waals surface area contributed by atoms with Gasteiger partial charge in [-0.25, -0.2) is 4.98 Å². The van der Waals surface area contributed by atoms with Gasteiger partial charge in [-0.15, -0.1) is 0 Å². The Bertz CT molecular complexity index is 636. The van der Waals surface area contributed by atoms with Crippen LogP contribution in [0.4, 0.5) is 0 Å². The molecule has 2 aliphatic rings. The number of pyridine rings is 1. The fourth-order valence-electron chi connectivity index (χ4n) is 3.51. The highest BCUT2D eigenvalue weighted by molar-refractivity contribution is 5.81. The van der Waals surface area contributed by atoms with Gasteiger partial charge in [0.15, 0.2) is 0 Å². The molecule has 2 aromatic rings. The number of H-pyrrole nitrogens is 1. The Morgan fingerprint density at radius 1 is 1.38 bits per heavy atom. The summed E-state index contributed by atoms with van der Waals surface area (Å²) < 4.78 is 0. The molecule has 0 aromatic carbocycles. The fraction of sp³-hybridized carbons (Fsp3) is 0.529. The van der Waals surface area contributed by atoms with Gasteiger partial charge in [-0.1, -0.05) is 6.92 Å². The van der Waals surface area contributed by atoms with Crippen molar-refractivity contribution >= 4 is 16.9 Å². The number of piperidine rings is 1. The molecular weight excluding hydrogens is 262 g/mol. The molecule has 0 unspecified atom stereocenters. The van der Waals surface area contributed by atoms with Crippen LogP contribution in [0, 0.1) is 11.8 Å². The van der Waals surface area contributed by atoms with Crippen molar-refractivity contribution in [2.75, 3.05) is 13.1 Å². The smallest absolute Gasteiger partial charge is 0.225 e. The van der Waals surface area contributed by atoms with E-state index in [1.807, 2.05) is 12.3 Å². The maximum atomic E-state index is 12.3. The second-order valence-electron chi connectivity index (χ2n) is 6.58. The fourth-order valence-corrected chi connectivity index (χ4v) is 3.51. The molecule has 0 radical (unpaired) electrons. The summed E-state index contributed by atoms with van der Waals surface area (Å²) in [6, 6.07) is 6.28. The van der Waals surface area contributed by atoms with E-state index in [9.17, 15) is 4.79 Å². The average Bonchev–Trinajstić information content (AvgIpc) is 3.09. The Morgan fingerprint density at radius 3 is 2.81 bits per heavy atom. The number of amides is 1. The number of fused-ring (bicyclic) bond motifs is 1. The number of aromatic nitrogens is 2. The summed E-state index contributed by atoms with van der Waals surface area (Å²) in [7, 11) is 0. The number of hydrogen-bond donors (Lipinski definition) is 1. The Balaban J connectivity index is 1.43. The van der Waals surface area contributed by atoms with Crippen LogP contribution in [0.2, 0.25) is 0 Å². The highest BCUT2D eigenvalue weighted by Gasteiger charge is 2.42. The van der Waals surface area contributed by atoms with Crippen molar-refractivity contribution in [3.63, 3.8) is 0 Å². The predicted molar refractivity (Wildman–Crippen MR) is 81.9 cm³/mol. The number of hydrogen-bond acceptors (Lipinski definition) is 2. The Morgan fingerprint density at radius 2 is 2.14 bits per heavy atom. The minimum absolute atomic E-state index is 0.318. The first-order valence-corrected chi connectivity index (χ1v) is 7.95. The highest BCUT2D eigenvalue weighted by Crippen LogP contribution is 2.40. The third-order valence-corrected chi connectivity index (χ3v) is 5.09. The molecule has 21 heavy (non-hydrogen) atoms. The second-order valence-corrected chi connectivity index (χ2v) is 6.58. The van der Waals surface area contributed by atoms with Gasteiger partial charge in [-0.3, -0.25) is 4.79 Å². The average molecular weight is 283 g/mol. The maximum absolute atomic E-state index is 12.3. The first-order chi connectivity index (χ1) is 10.2. The zero-order chi connectivity index (χ0) is 14.4. The molecule has 1 amide bonds. The summed E-state index contributed by atoms with van der Waals surface area (Å²) in [6.45, 7) is 3.97. The summed E-state index contributed by atoms with van der Waals surface area (Å²) in [5.41, 5.74) is 2.24. The summed E-state index contributed by atoms with van der Waals surface area (Å²) in [6.07, 6.45) is 5.02. The van der Waals surface area contributed by atoms with Crippen LogP contribution < -0.4 is 0 Å². The number of nitrogens with one attached hydrogen (secondary N) is 1. The van der Waals surface area contributed by atoms with Crippen molar-refractivity contribution in [3.8, 4) is 0 Å². The summed E-state index contributed by atoms with van der Waals surface area (Å²) in [5.74, 6) is 1.84. The van der Waals surface area contributed by atoms with Crippen molar-refractivity contribution < 1.29 is 4.79 Å². The molecule has 0 spiro atoms. The van der Waals surface area contributed by atoms with Crippen molar-refractivity contribution in [2.45, 2.75) is 32.1 Å². The lowest BCUT2D eigenvalue weighted by Crippen LogP contribution is -2.39. The number of rotatable bonds is 2. The van der Waals surface area contributed by atoms with E-state index >= 15 is 0 Å². The van der Waals surface area contributed by atoms with Crippen molar-refractivity contribution in [1.29, 1.82) is 0 Å². The Labute approximate surface area is 124 Å². The molecule has 4 nitrogen and oxygen atoms in total. The summed E-state index contributed by atoms with van der Waals surface area (Å²) in [5, 5.41) is 1.18. The van der Waals surface area contributed by atoms with E-state index in [0.717, 1.165) is 38.0 Å². The van der Waals surface area contributed by atoms with E-state index in [1.54, 1.807) is 0 Å². The molecular formula is C17H21N3O. The van der Waals surface area contributed by atoms with Crippen LogP contribution in [-0.4, -0.2) is 33.9 Å². The molecule has 0 bridgehead atoms. The Kier molecular flexibility index (Phi) is 2.98. The molecule has 3 heterocycles. The zero-order valence-corrected chi connectivity index (χ0v) is 12.4. The molecule has 2 aromatic heterocycles. The molecule has 4 heteroatoms. The highest BCUT2D eigenvalue weighted by atomic mass is 16.2. The van der Waals surface area contributed by atoms with Gasteiger partial charge in [0.1, 0.15) is 5.65 Å². The number of nitrogens with zero attached hydrogens (tertiary/aromatic N) is 2. The van der Waals surface area contributed by atoms with Gasteiger partial charge in [-0.05, 0) is 43.4 Å². The van der Waals surface area contributed by atoms with Crippen molar-refractivity contribution in [3.05, 3.63) is 30.1 Å². The van der Waals surface area contributed by atoms with Gasteiger partial charge in [0.25, 0.3) is 0 Å². The normalized spacial score (nSPS) is 26.2. The Hall–Kier alpha value is -1.84. The molecule has 2 fully saturated rings. The van der Waals surface area contributed by atoms with Crippen LogP contribution in [0.1, 0.15) is 37.8 Å². The molecule has 1 saturated carbocycles. The van der Waals surface area contributed by atoms with Crippen LogP contribution in [-0.2, 0) is 4.79 Å². The number of aromatic amines is 1. The first-order valence-electron chi connectivity index (χ1n) is 7.95. The van der Waals surface area contributed by atoms with Crippen LogP contribution in [0.5, 0.6) is 0 Å². The van der Waals surface area contributed by atoms with Crippen LogP contribution in [0.15, 0.2) is 24.4 Å². The predicted octanol–water partition coefficient (Wildman–Crippen LogP) is 2.92. The molecule has 110 valence electrons. The van der Waals surface area contributed by atoms with Gasteiger partial charge in [0.2, 0.25) is 5.91 Å². The number of carbonyl (C=O) groups excluding carboxylic acids is 1. The van der Waals surface area contributed by atoms with Gasteiger partial charge in [-0.2, -0.15) is 0 Å². The van der Waals surface area contributed by atoms with E-state index in [2.05, 4.69) is 33.9 Å². The third-order valence-electron chi connectivity index (χ3n) is 5.09. The molecule has 1 aliphatic carbocycles. The minimum Gasteiger partial charge on any atom is -0.343 e. The lowest BCUT2D eigenvalue weighted by atomic mass is 9.93. The van der Waals surface area contributed by atoms with Crippen LogP contribution in [0.25, 0.3) is 11.0 Å². The zero-order valence-electron chi connectivity index (χ0n) is 12.4. The monoisotopic (exact) mass is 283 g/mol. The first kappa shape index (κ1) is 12.9. The van der Waals surface area contributed by atoms with E-state index in [4.69, 9.17) is 0 Å². The number of carbonyl (C=O) groups is 1. The molecule has 1 saturated heterocycles. The van der Waals surface area contributed by atoms with Crippen molar-refractivity contribution in [2.24, 2.45) is 11.8 Å². The van der Waals surface area contributed by atoms with E-state index < -0.39 is 0 Å². The summed E-state index contributed by atoms with van der Waals surface area (Å²) in [4.78, 5) is 22.1. The largest absolute Gasteiger partial charge is 0.343 e. The SMILES string of the molecule is C[C@H]1C[C@@H]1C(=O)N1CCC(c2cc3cccnc3[nH]2)CC1. The van der Waals surface area contributed by atoms with Crippen LogP contribution >= 0.6 is 0 Å². The van der Waals surface area contributed by atoms with Crippen LogP contribution in [0.3, 0.4) is 0 Å². The van der Waals surface area contributed by atoms with E-state index in [1.165, 1.54) is 11.1 Å². The minimum atomic E-state index is 0.318. The second kappa shape index (κ2) is 4.86.